The Bertz CT molecular complexity index is 604. The van der Waals surface area contributed by atoms with E-state index in [9.17, 15) is 4.39 Å². The van der Waals surface area contributed by atoms with Crippen molar-refractivity contribution in [3.05, 3.63) is 67.9 Å². The van der Waals surface area contributed by atoms with Gasteiger partial charge in [-0.2, -0.15) is 0 Å². The van der Waals surface area contributed by atoms with Gasteiger partial charge in [0.25, 0.3) is 0 Å². The van der Waals surface area contributed by atoms with Crippen LogP contribution in [-0.4, -0.2) is 7.05 Å². The first-order valence-electron chi connectivity index (χ1n) is 5.60. The van der Waals surface area contributed by atoms with Gasteiger partial charge in [-0.05, 0) is 36.4 Å². The van der Waals surface area contributed by atoms with Crippen LogP contribution in [0.3, 0.4) is 0 Å². The molecule has 2 rings (SSSR count). The van der Waals surface area contributed by atoms with Crippen LogP contribution in [0.5, 0.6) is 0 Å². The van der Waals surface area contributed by atoms with E-state index in [0.717, 1.165) is 11.1 Å². The van der Waals surface area contributed by atoms with Crippen molar-refractivity contribution in [1.82, 2.24) is 5.32 Å². The van der Waals surface area contributed by atoms with E-state index in [2.05, 4.69) is 21.2 Å². The molecule has 19 heavy (non-hydrogen) atoms. The van der Waals surface area contributed by atoms with Gasteiger partial charge in [-0.1, -0.05) is 57.3 Å². The number of rotatable bonds is 3. The fourth-order valence-electron chi connectivity index (χ4n) is 1.96. The van der Waals surface area contributed by atoms with Crippen molar-refractivity contribution in [3.8, 4) is 0 Å². The molecule has 1 nitrogen and oxygen atoms in total. The van der Waals surface area contributed by atoms with Gasteiger partial charge in [0.1, 0.15) is 5.82 Å². The number of hydrogen-bond acceptors (Lipinski definition) is 1. The summed E-state index contributed by atoms with van der Waals surface area (Å²) in [5.74, 6) is -0.289. The Morgan fingerprint density at radius 3 is 2.53 bits per heavy atom. The average molecular weight is 363 g/mol. The van der Waals surface area contributed by atoms with Crippen LogP contribution in [0.15, 0.2) is 40.9 Å². The molecule has 0 saturated heterocycles. The Morgan fingerprint density at radius 2 is 1.89 bits per heavy atom. The van der Waals surface area contributed by atoms with Crippen molar-refractivity contribution in [1.29, 1.82) is 0 Å². The van der Waals surface area contributed by atoms with E-state index < -0.39 is 0 Å². The van der Waals surface area contributed by atoms with Crippen molar-refractivity contribution in [2.24, 2.45) is 0 Å². The van der Waals surface area contributed by atoms with Gasteiger partial charge < -0.3 is 5.32 Å². The molecule has 2 aromatic carbocycles. The highest BCUT2D eigenvalue weighted by Gasteiger charge is 2.19. The summed E-state index contributed by atoms with van der Waals surface area (Å²) < 4.78 is 13.8. The lowest BCUT2D eigenvalue weighted by Gasteiger charge is -2.20. The Hall–Kier alpha value is -0.610. The zero-order chi connectivity index (χ0) is 14.0. The number of hydrogen-bond donors (Lipinski definition) is 1. The molecule has 0 aliphatic carbocycles. The Kier molecular flexibility index (Phi) is 4.85. The van der Waals surface area contributed by atoms with E-state index in [-0.39, 0.29) is 11.9 Å². The van der Waals surface area contributed by atoms with Gasteiger partial charge in [0, 0.05) is 4.47 Å². The maximum absolute atomic E-state index is 13.2. The molecule has 0 saturated carbocycles. The van der Waals surface area contributed by atoms with Crippen LogP contribution in [0.4, 0.5) is 4.39 Å². The molecule has 5 heteroatoms. The number of nitrogens with one attached hydrogen (secondary N) is 1. The minimum absolute atomic E-state index is 0.166. The van der Waals surface area contributed by atoms with Crippen LogP contribution in [0.2, 0.25) is 10.0 Å². The molecule has 1 unspecified atom stereocenters. The van der Waals surface area contributed by atoms with Gasteiger partial charge in [0.05, 0.1) is 16.1 Å². The Balaban J connectivity index is 2.53. The van der Waals surface area contributed by atoms with Gasteiger partial charge >= 0.3 is 0 Å². The summed E-state index contributed by atoms with van der Waals surface area (Å²) in [6.45, 7) is 0. The van der Waals surface area contributed by atoms with Gasteiger partial charge in [0.15, 0.2) is 0 Å². The fraction of sp³-hybridized carbons (Fsp3) is 0.143. The quantitative estimate of drug-likeness (QED) is 0.790. The predicted molar refractivity (Wildman–Crippen MR) is 81.5 cm³/mol. The third-order valence-corrected chi connectivity index (χ3v) is 4.37. The standard InChI is InChI=1S/C14H11BrCl2FN/c1-19-14(9-6-5-8(18)7-11(9)15)10-3-2-4-12(16)13(10)17/h2-7,14,19H,1H3. The summed E-state index contributed by atoms with van der Waals surface area (Å²) in [6.07, 6.45) is 0. The summed E-state index contributed by atoms with van der Waals surface area (Å²) in [5.41, 5.74) is 1.75. The minimum atomic E-state index is -0.289. The summed E-state index contributed by atoms with van der Waals surface area (Å²) in [6, 6.07) is 9.87. The van der Waals surface area contributed by atoms with Crippen molar-refractivity contribution >= 4 is 39.1 Å². The highest BCUT2D eigenvalue weighted by molar-refractivity contribution is 9.10. The van der Waals surface area contributed by atoms with E-state index >= 15 is 0 Å². The second-order valence-corrected chi connectivity index (χ2v) is 5.67. The summed E-state index contributed by atoms with van der Waals surface area (Å²) in [7, 11) is 1.82. The summed E-state index contributed by atoms with van der Waals surface area (Å²) >= 11 is 15.6. The average Bonchev–Trinajstić information content (AvgIpc) is 2.37. The van der Waals surface area contributed by atoms with E-state index in [1.807, 2.05) is 19.2 Å². The minimum Gasteiger partial charge on any atom is -0.309 e. The summed E-state index contributed by atoms with van der Waals surface area (Å²) in [5, 5.41) is 4.17. The maximum atomic E-state index is 13.2. The van der Waals surface area contributed by atoms with Crippen LogP contribution >= 0.6 is 39.1 Å². The molecule has 100 valence electrons. The lowest BCUT2D eigenvalue weighted by atomic mass is 9.99. The molecule has 0 bridgehead atoms. The maximum Gasteiger partial charge on any atom is 0.124 e. The number of halogens is 4. The van der Waals surface area contributed by atoms with Crippen molar-refractivity contribution in [2.75, 3.05) is 7.05 Å². The Labute approximate surface area is 129 Å². The van der Waals surface area contributed by atoms with E-state index in [4.69, 9.17) is 23.2 Å². The Morgan fingerprint density at radius 1 is 1.16 bits per heavy atom. The topological polar surface area (TPSA) is 12.0 Å². The van der Waals surface area contributed by atoms with E-state index in [0.29, 0.717) is 14.5 Å². The highest BCUT2D eigenvalue weighted by atomic mass is 79.9. The molecule has 2 aromatic rings. The molecule has 0 spiro atoms. The first kappa shape index (κ1) is 14.8. The summed E-state index contributed by atoms with van der Waals surface area (Å²) in [4.78, 5) is 0. The van der Waals surface area contributed by atoms with Crippen LogP contribution in [0, 0.1) is 5.82 Å². The second-order valence-electron chi connectivity index (χ2n) is 4.03. The molecule has 0 aliphatic heterocycles. The third kappa shape index (κ3) is 3.11. The predicted octanol–water partition coefficient (Wildman–Crippen LogP) is 5.20. The van der Waals surface area contributed by atoms with Gasteiger partial charge in [0.2, 0.25) is 0 Å². The molecule has 0 fully saturated rings. The first-order valence-corrected chi connectivity index (χ1v) is 7.15. The van der Waals surface area contributed by atoms with Crippen LogP contribution in [0.25, 0.3) is 0 Å². The molecule has 0 radical (unpaired) electrons. The first-order chi connectivity index (χ1) is 9.04. The van der Waals surface area contributed by atoms with Crippen LogP contribution in [-0.2, 0) is 0 Å². The van der Waals surface area contributed by atoms with E-state index in [1.165, 1.54) is 12.1 Å². The van der Waals surface area contributed by atoms with Crippen LogP contribution < -0.4 is 5.32 Å². The van der Waals surface area contributed by atoms with Crippen molar-refractivity contribution in [2.45, 2.75) is 6.04 Å². The smallest absolute Gasteiger partial charge is 0.124 e. The van der Waals surface area contributed by atoms with Crippen molar-refractivity contribution in [3.63, 3.8) is 0 Å². The molecule has 1 N–H and O–H groups in total. The fourth-order valence-corrected chi connectivity index (χ4v) is 2.95. The number of benzene rings is 2. The lowest BCUT2D eigenvalue weighted by Crippen LogP contribution is -2.18. The molecule has 0 amide bonds. The van der Waals surface area contributed by atoms with Gasteiger partial charge in [-0.15, -0.1) is 0 Å². The van der Waals surface area contributed by atoms with Gasteiger partial charge in [-0.3, -0.25) is 0 Å². The normalized spacial score (nSPS) is 12.5. The monoisotopic (exact) mass is 361 g/mol. The molecular formula is C14H11BrCl2FN. The van der Waals surface area contributed by atoms with Crippen molar-refractivity contribution < 1.29 is 4.39 Å². The third-order valence-electron chi connectivity index (χ3n) is 2.85. The molecule has 0 heterocycles. The molecule has 0 aliphatic rings. The highest BCUT2D eigenvalue weighted by Crippen LogP contribution is 2.35. The lowest BCUT2D eigenvalue weighted by molar-refractivity contribution is 0.621. The second kappa shape index (κ2) is 6.23. The molecular weight excluding hydrogens is 352 g/mol. The zero-order valence-corrected chi connectivity index (χ0v) is 13.2. The van der Waals surface area contributed by atoms with Crippen LogP contribution in [0.1, 0.15) is 17.2 Å². The largest absolute Gasteiger partial charge is 0.309 e. The van der Waals surface area contributed by atoms with Gasteiger partial charge in [-0.25, -0.2) is 4.39 Å². The van der Waals surface area contributed by atoms with E-state index in [1.54, 1.807) is 12.1 Å². The zero-order valence-electron chi connectivity index (χ0n) is 10.1. The molecule has 0 aromatic heterocycles. The molecule has 1 atom stereocenters. The SMILES string of the molecule is CNC(c1ccc(F)cc1Br)c1cccc(Cl)c1Cl.